The summed E-state index contributed by atoms with van der Waals surface area (Å²) in [5.74, 6) is 0. The van der Waals surface area contributed by atoms with Crippen molar-refractivity contribution in [1.82, 2.24) is 19.5 Å². The largest absolute Gasteiger partial charge is 0.394 e. The highest BCUT2D eigenvalue weighted by Crippen LogP contribution is 2.34. The first-order chi connectivity index (χ1) is 12.2. The Labute approximate surface area is 147 Å². The molecule has 4 atom stereocenters. The fourth-order valence-corrected chi connectivity index (χ4v) is 3.66. The second kappa shape index (κ2) is 6.70. The Bertz CT molecular complexity index is 875. The highest BCUT2D eigenvalue weighted by Gasteiger charge is 2.44. The molecule has 3 aromatic rings. The molecular formula is C16H16N4O4S. The number of benzene rings is 1. The Hall–Kier alpha value is -2.04. The molecule has 9 heteroatoms. The van der Waals surface area contributed by atoms with Crippen LogP contribution < -0.4 is 0 Å². The molecule has 0 spiro atoms. The zero-order chi connectivity index (χ0) is 17.4. The van der Waals surface area contributed by atoms with Gasteiger partial charge >= 0.3 is 0 Å². The number of fused-ring (bicyclic) bond motifs is 1. The minimum atomic E-state index is -1.19. The number of aliphatic hydroxyl groups is 3. The van der Waals surface area contributed by atoms with Crippen LogP contribution in [0.4, 0.5) is 0 Å². The van der Waals surface area contributed by atoms with E-state index in [-0.39, 0.29) is 6.61 Å². The lowest BCUT2D eigenvalue weighted by atomic mass is 10.1. The predicted molar refractivity (Wildman–Crippen MR) is 88.9 cm³/mol. The zero-order valence-corrected chi connectivity index (χ0v) is 13.8. The summed E-state index contributed by atoms with van der Waals surface area (Å²) in [4.78, 5) is 13.9. The molecule has 8 nitrogen and oxygen atoms in total. The average molecular weight is 360 g/mol. The van der Waals surface area contributed by atoms with E-state index in [4.69, 9.17) is 4.74 Å². The van der Waals surface area contributed by atoms with Gasteiger partial charge in [-0.25, -0.2) is 15.0 Å². The first kappa shape index (κ1) is 16.4. The summed E-state index contributed by atoms with van der Waals surface area (Å²) in [5, 5.41) is 30.1. The van der Waals surface area contributed by atoms with E-state index >= 15 is 0 Å². The summed E-state index contributed by atoms with van der Waals surface area (Å²) in [6.07, 6.45) is -1.16. The maximum atomic E-state index is 10.2. The van der Waals surface area contributed by atoms with E-state index in [1.165, 1.54) is 24.4 Å². The third-order valence-corrected chi connectivity index (χ3v) is 5.07. The van der Waals surface area contributed by atoms with Gasteiger partial charge in [0.15, 0.2) is 11.9 Å². The van der Waals surface area contributed by atoms with E-state index in [9.17, 15) is 15.3 Å². The standard InChI is InChI=1S/C16H16N4O4S/c21-6-10-12(22)13(23)16(24-10)20-8-19-11-14(20)17-7-18-15(11)25-9-4-2-1-3-5-9/h1-5,7-8,10,12-13,16,21-23H,6H2/t10-,12-,13-,16-/m1/s1. The normalized spacial score (nSPS) is 26.4. The smallest absolute Gasteiger partial charge is 0.166 e. The molecule has 130 valence electrons. The Morgan fingerprint density at radius 2 is 1.88 bits per heavy atom. The van der Waals surface area contributed by atoms with Crippen molar-refractivity contribution in [2.24, 2.45) is 0 Å². The minimum absolute atomic E-state index is 0.383. The van der Waals surface area contributed by atoms with Crippen LogP contribution in [-0.2, 0) is 4.74 Å². The number of aliphatic hydroxyl groups excluding tert-OH is 3. The number of hydrogen-bond donors (Lipinski definition) is 3. The van der Waals surface area contributed by atoms with Crippen LogP contribution in [-0.4, -0.2) is 59.8 Å². The van der Waals surface area contributed by atoms with Gasteiger partial charge < -0.3 is 20.1 Å². The second-order valence-corrected chi connectivity index (χ2v) is 6.71. The zero-order valence-electron chi connectivity index (χ0n) is 13.0. The van der Waals surface area contributed by atoms with Crippen molar-refractivity contribution in [1.29, 1.82) is 0 Å². The lowest BCUT2D eigenvalue weighted by molar-refractivity contribution is -0.0511. The van der Waals surface area contributed by atoms with Gasteiger partial charge in [0.2, 0.25) is 0 Å². The Kier molecular flexibility index (Phi) is 4.40. The van der Waals surface area contributed by atoms with E-state index < -0.39 is 24.5 Å². The highest BCUT2D eigenvalue weighted by molar-refractivity contribution is 7.99. The van der Waals surface area contributed by atoms with E-state index in [1.54, 1.807) is 4.57 Å². The first-order valence-corrected chi connectivity index (χ1v) is 8.53. The fraction of sp³-hybridized carbons (Fsp3) is 0.312. The summed E-state index contributed by atoms with van der Waals surface area (Å²) in [7, 11) is 0. The van der Waals surface area contributed by atoms with Gasteiger partial charge in [0.05, 0.1) is 12.9 Å². The summed E-state index contributed by atoms with van der Waals surface area (Å²) in [5.41, 5.74) is 1.07. The molecule has 3 heterocycles. The topological polar surface area (TPSA) is 114 Å². The van der Waals surface area contributed by atoms with Gasteiger partial charge in [-0.1, -0.05) is 30.0 Å². The fourth-order valence-electron chi connectivity index (χ4n) is 2.80. The van der Waals surface area contributed by atoms with Crippen molar-refractivity contribution in [3.05, 3.63) is 43.0 Å². The molecule has 1 fully saturated rings. The van der Waals surface area contributed by atoms with Crippen LogP contribution in [0, 0.1) is 0 Å². The van der Waals surface area contributed by atoms with Crippen LogP contribution in [0.15, 0.2) is 52.9 Å². The number of nitrogens with zero attached hydrogens (tertiary/aromatic N) is 4. The average Bonchev–Trinajstić information content (AvgIpc) is 3.18. The summed E-state index contributed by atoms with van der Waals surface area (Å²) in [6, 6.07) is 9.77. The molecule has 2 aromatic heterocycles. The summed E-state index contributed by atoms with van der Waals surface area (Å²) in [6.45, 7) is -0.383. The lowest BCUT2D eigenvalue weighted by Crippen LogP contribution is -2.33. The van der Waals surface area contributed by atoms with Crippen molar-refractivity contribution < 1.29 is 20.1 Å². The van der Waals surface area contributed by atoms with E-state index in [2.05, 4.69) is 15.0 Å². The second-order valence-electron chi connectivity index (χ2n) is 5.65. The van der Waals surface area contributed by atoms with Crippen molar-refractivity contribution in [2.75, 3.05) is 6.61 Å². The maximum Gasteiger partial charge on any atom is 0.166 e. The Morgan fingerprint density at radius 3 is 2.60 bits per heavy atom. The molecule has 0 radical (unpaired) electrons. The van der Waals surface area contributed by atoms with Crippen molar-refractivity contribution in [3.8, 4) is 0 Å². The monoisotopic (exact) mass is 360 g/mol. The van der Waals surface area contributed by atoms with Crippen LogP contribution in [0.5, 0.6) is 0 Å². The van der Waals surface area contributed by atoms with Gasteiger partial charge in [-0.2, -0.15) is 0 Å². The van der Waals surface area contributed by atoms with Gasteiger partial charge in [-0.05, 0) is 12.1 Å². The number of imidazole rings is 1. The molecule has 3 N–H and O–H groups in total. The van der Waals surface area contributed by atoms with Gasteiger partial charge in [0, 0.05) is 4.90 Å². The number of rotatable bonds is 4. The van der Waals surface area contributed by atoms with Crippen molar-refractivity contribution in [2.45, 2.75) is 34.5 Å². The van der Waals surface area contributed by atoms with Crippen LogP contribution in [0.25, 0.3) is 11.2 Å². The molecule has 1 aliphatic rings. The first-order valence-electron chi connectivity index (χ1n) is 7.72. The molecule has 0 saturated carbocycles. The van der Waals surface area contributed by atoms with Gasteiger partial charge in [0.25, 0.3) is 0 Å². The summed E-state index contributed by atoms with van der Waals surface area (Å²) >= 11 is 1.46. The van der Waals surface area contributed by atoms with Crippen molar-refractivity contribution in [3.63, 3.8) is 0 Å². The molecule has 1 saturated heterocycles. The van der Waals surface area contributed by atoms with E-state index in [0.717, 1.165) is 4.90 Å². The third-order valence-electron chi connectivity index (χ3n) is 4.07. The van der Waals surface area contributed by atoms with Crippen LogP contribution >= 0.6 is 11.8 Å². The van der Waals surface area contributed by atoms with Crippen LogP contribution in [0.1, 0.15) is 6.23 Å². The van der Waals surface area contributed by atoms with E-state index in [0.29, 0.717) is 16.2 Å². The molecule has 25 heavy (non-hydrogen) atoms. The molecule has 0 amide bonds. The van der Waals surface area contributed by atoms with Crippen molar-refractivity contribution >= 4 is 22.9 Å². The molecular weight excluding hydrogens is 344 g/mol. The van der Waals surface area contributed by atoms with Crippen LogP contribution in [0.2, 0.25) is 0 Å². The Morgan fingerprint density at radius 1 is 1.08 bits per heavy atom. The molecule has 0 unspecified atom stereocenters. The summed E-state index contributed by atoms with van der Waals surface area (Å²) < 4.78 is 7.10. The number of hydrogen-bond acceptors (Lipinski definition) is 8. The number of ether oxygens (including phenoxy) is 1. The molecule has 0 aliphatic carbocycles. The quantitative estimate of drug-likeness (QED) is 0.579. The van der Waals surface area contributed by atoms with Gasteiger partial charge in [0.1, 0.15) is 35.2 Å². The van der Waals surface area contributed by atoms with E-state index in [1.807, 2.05) is 30.3 Å². The highest BCUT2D eigenvalue weighted by atomic mass is 32.2. The molecule has 1 aromatic carbocycles. The third kappa shape index (κ3) is 2.90. The van der Waals surface area contributed by atoms with Gasteiger partial charge in [-0.3, -0.25) is 4.57 Å². The molecule has 0 bridgehead atoms. The van der Waals surface area contributed by atoms with Gasteiger partial charge in [-0.15, -0.1) is 0 Å². The number of aromatic nitrogens is 4. The Balaban J connectivity index is 1.70. The maximum absolute atomic E-state index is 10.2. The van der Waals surface area contributed by atoms with Crippen LogP contribution in [0.3, 0.4) is 0 Å². The molecule has 4 rings (SSSR count). The lowest BCUT2D eigenvalue weighted by Gasteiger charge is -2.16. The minimum Gasteiger partial charge on any atom is -0.394 e. The molecule has 1 aliphatic heterocycles. The SMILES string of the molecule is OC[C@H]1O[C@@H](n2cnc3c(Sc4ccccc4)ncnc32)[C@H](O)[C@@H]1O. The predicted octanol–water partition coefficient (Wildman–Crippen LogP) is 0.589.